The lowest BCUT2D eigenvalue weighted by Crippen LogP contribution is -2.45. The average molecular weight is 927 g/mol. The van der Waals surface area contributed by atoms with Gasteiger partial charge in [0.1, 0.15) is 0 Å². The first-order valence-electron chi connectivity index (χ1n) is 30.2. The number of aliphatic hydroxyl groups excluding tert-OH is 2. The maximum absolute atomic E-state index is 12.5. The number of carbonyl (C=O) groups is 1. The first-order valence-corrected chi connectivity index (χ1v) is 30.2. The number of hydrogen-bond acceptors (Lipinski definition) is 3. The molecule has 2 unspecified atom stereocenters. The molecule has 2 atom stereocenters. The van der Waals surface area contributed by atoms with Crippen LogP contribution in [0.1, 0.15) is 335 Å². The zero-order valence-electron chi connectivity index (χ0n) is 45.0. The molecule has 0 aromatic carbocycles. The van der Waals surface area contributed by atoms with Crippen LogP contribution >= 0.6 is 0 Å². The van der Waals surface area contributed by atoms with E-state index < -0.39 is 12.1 Å². The van der Waals surface area contributed by atoms with E-state index in [-0.39, 0.29) is 12.5 Å². The topological polar surface area (TPSA) is 69.6 Å². The predicted molar refractivity (Wildman–Crippen MR) is 295 cm³/mol. The third-order valence-corrected chi connectivity index (χ3v) is 14.1. The maximum Gasteiger partial charge on any atom is 0.220 e. The van der Waals surface area contributed by atoms with Gasteiger partial charge in [0.2, 0.25) is 5.91 Å². The Labute approximate surface area is 414 Å². The summed E-state index contributed by atoms with van der Waals surface area (Å²) in [6, 6.07) is -0.622. The SMILES string of the molecule is CCCCCCCCCCC/C=C\C/C=C\CCCCCCCCCCCCCCCCCC(=O)NC(CO)C(O)/C=C/CCCCCCCCCCCCCCCCCCCCCCC. The molecule has 390 valence electrons. The summed E-state index contributed by atoms with van der Waals surface area (Å²) in [5.41, 5.74) is 0. The standard InChI is InChI=1S/C62H119NO3/c1-3-5-7-9-11-13-15-17-19-21-23-25-27-28-29-30-31-32-33-34-36-38-40-42-44-46-48-50-52-54-56-58-62(66)63-60(59-64)61(65)57-55-53-51-49-47-45-43-41-39-37-35-26-24-22-20-18-16-14-12-10-8-6-4-2/h23,25,28-29,55,57,60-61,64-65H,3-22,24,26-27,30-54,56,58-59H2,1-2H3,(H,63,66)/b25-23-,29-28-,57-55+. The third kappa shape index (κ3) is 53.6. The maximum atomic E-state index is 12.5. The number of nitrogens with one attached hydrogen (secondary N) is 1. The molecule has 3 N–H and O–H groups in total. The minimum absolute atomic E-state index is 0.0590. The fraction of sp³-hybridized carbons (Fsp3) is 0.887. The quantitative estimate of drug-likeness (QED) is 0.0420. The normalized spacial score (nSPS) is 13.0. The van der Waals surface area contributed by atoms with Crippen molar-refractivity contribution >= 4 is 5.91 Å². The molecular formula is C62H119NO3. The van der Waals surface area contributed by atoms with Crippen LogP contribution in [0.25, 0.3) is 0 Å². The van der Waals surface area contributed by atoms with Gasteiger partial charge in [-0.05, 0) is 51.4 Å². The number of aliphatic hydroxyl groups is 2. The Morgan fingerprint density at radius 2 is 0.621 bits per heavy atom. The Morgan fingerprint density at radius 3 is 0.909 bits per heavy atom. The average Bonchev–Trinajstić information content (AvgIpc) is 3.32. The van der Waals surface area contributed by atoms with Gasteiger partial charge in [0.25, 0.3) is 0 Å². The van der Waals surface area contributed by atoms with Crippen LogP contribution in [-0.4, -0.2) is 34.9 Å². The lowest BCUT2D eigenvalue weighted by molar-refractivity contribution is -0.123. The van der Waals surface area contributed by atoms with Crippen LogP contribution in [0.5, 0.6) is 0 Å². The molecule has 0 aliphatic carbocycles. The van der Waals surface area contributed by atoms with Crippen LogP contribution in [0.3, 0.4) is 0 Å². The minimum atomic E-state index is -0.839. The summed E-state index contributed by atoms with van der Waals surface area (Å²) in [5, 5.41) is 23.2. The summed E-state index contributed by atoms with van der Waals surface area (Å²) in [6.07, 6.45) is 79.0. The van der Waals surface area contributed by atoms with E-state index >= 15 is 0 Å². The third-order valence-electron chi connectivity index (χ3n) is 14.1. The second-order valence-electron chi connectivity index (χ2n) is 20.8. The summed E-state index contributed by atoms with van der Waals surface area (Å²) in [4.78, 5) is 12.5. The van der Waals surface area contributed by atoms with Crippen molar-refractivity contribution in [2.24, 2.45) is 0 Å². The van der Waals surface area contributed by atoms with E-state index in [4.69, 9.17) is 0 Å². The number of allylic oxidation sites excluding steroid dienone is 5. The molecule has 0 radical (unpaired) electrons. The second kappa shape index (κ2) is 57.9. The largest absolute Gasteiger partial charge is 0.394 e. The molecule has 0 heterocycles. The summed E-state index contributed by atoms with van der Waals surface area (Å²) in [6.45, 7) is 4.35. The number of rotatable bonds is 56. The molecule has 0 rings (SSSR count). The molecular weight excluding hydrogens is 807 g/mol. The van der Waals surface area contributed by atoms with Gasteiger partial charge in [0, 0.05) is 6.42 Å². The fourth-order valence-electron chi connectivity index (χ4n) is 9.51. The molecule has 0 aliphatic rings. The molecule has 0 fully saturated rings. The Bertz CT molecular complexity index is 1010. The van der Waals surface area contributed by atoms with Gasteiger partial charge in [-0.2, -0.15) is 0 Å². The van der Waals surface area contributed by atoms with Gasteiger partial charge >= 0.3 is 0 Å². The smallest absolute Gasteiger partial charge is 0.220 e. The highest BCUT2D eigenvalue weighted by atomic mass is 16.3. The van der Waals surface area contributed by atoms with Crippen molar-refractivity contribution in [3.8, 4) is 0 Å². The highest BCUT2D eigenvalue weighted by Crippen LogP contribution is 2.18. The van der Waals surface area contributed by atoms with Crippen molar-refractivity contribution in [3.05, 3.63) is 36.5 Å². The second-order valence-corrected chi connectivity index (χ2v) is 20.8. The summed E-state index contributed by atoms with van der Waals surface area (Å²) in [7, 11) is 0. The fourth-order valence-corrected chi connectivity index (χ4v) is 9.51. The molecule has 0 saturated carbocycles. The van der Waals surface area contributed by atoms with Gasteiger partial charge in [0.05, 0.1) is 18.8 Å². The Kier molecular flexibility index (Phi) is 56.7. The lowest BCUT2D eigenvalue weighted by Gasteiger charge is -2.20. The van der Waals surface area contributed by atoms with Crippen molar-refractivity contribution in [1.82, 2.24) is 5.32 Å². The Balaban J connectivity index is 3.46. The van der Waals surface area contributed by atoms with Crippen LogP contribution in [-0.2, 0) is 4.79 Å². The zero-order chi connectivity index (χ0) is 47.7. The molecule has 0 spiro atoms. The van der Waals surface area contributed by atoms with E-state index in [1.165, 1.54) is 283 Å². The van der Waals surface area contributed by atoms with Gasteiger partial charge in [-0.25, -0.2) is 0 Å². The molecule has 0 bridgehead atoms. The molecule has 0 saturated heterocycles. The van der Waals surface area contributed by atoms with Crippen molar-refractivity contribution in [2.75, 3.05) is 6.61 Å². The van der Waals surface area contributed by atoms with Crippen LogP contribution in [0.2, 0.25) is 0 Å². The van der Waals surface area contributed by atoms with Crippen LogP contribution < -0.4 is 5.32 Å². The van der Waals surface area contributed by atoms with Crippen molar-refractivity contribution in [3.63, 3.8) is 0 Å². The van der Waals surface area contributed by atoms with Crippen LogP contribution in [0.4, 0.5) is 0 Å². The first-order chi connectivity index (χ1) is 32.7. The minimum Gasteiger partial charge on any atom is -0.394 e. The van der Waals surface area contributed by atoms with Gasteiger partial charge < -0.3 is 15.5 Å². The van der Waals surface area contributed by atoms with E-state index in [2.05, 4.69) is 43.5 Å². The number of hydrogen-bond donors (Lipinski definition) is 3. The number of unbranched alkanes of at least 4 members (excludes halogenated alkanes) is 45. The Hall–Kier alpha value is -1.39. The van der Waals surface area contributed by atoms with E-state index in [9.17, 15) is 15.0 Å². The number of carbonyl (C=O) groups excluding carboxylic acids is 1. The molecule has 66 heavy (non-hydrogen) atoms. The monoisotopic (exact) mass is 926 g/mol. The first kappa shape index (κ1) is 64.6. The van der Waals surface area contributed by atoms with Crippen LogP contribution in [0, 0.1) is 0 Å². The summed E-state index contributed by atoms with van der Waals surface area (Å²) < 4.78 is 0. The highest BCUT2D eigenvalue weighted by molar-refractivity contribution is 5.76. The van der Waals surface area contributed by atoms with Crippen molar-refractivity contribution in [1.29, 1.82) is 0 Å². The van der Waals surface area contributed by atoms with E-state index in [0.29, 0.717) is 6.42 Å². The van der Waals surface area contributed by atoms with Gasteiger partial charge in [-0.3, -0.25) is 4.79 Å². The van der Waals surface area contributed by atoms with Crippen LogP contribution in [0.15, 0.2) is 36.5 Å². The summed E-state index contributed by atoms with van der Waals surface area (Å²) >= 11 is 0. The molecule has 0 aliphatic heterocycles. The van der Waals surface area contributed by atoms with E-state index in [1.807, 2.05) is 6.08 Å². The Morgan fingerprint density at radius 1 is 0.364 bits per heavy atom. The van der Waals surface area contributed by atoms with Crippen molar-refractivity contribution < 1.29 is 15.0 Å². The predicted octanol–water partition coefficient (Wildman–Crippen LogP) is 20.0. The molecule has 0 aromatic heterocycles. The molecule has 4 nitrogen and oxygen atoms in total. The molecule has 0 aromatic rings. The number of amides is 1. The molecule has 1 amide bonds. The van der Waals surface area contributed by atoms with Gasteiger partial charge in [-0.1, -0.05) is 314 Å². The summed E-state index contributed by atoms with van der Waals surface area (Å²) in [5.74, 6) is -0.0590. The van der Waals surface area contributed by atoms with E-state index in [1.54, 1.807) is 6.08 Å². The van der Waals surface area contributed by atoms with E-state index in [0.717, 1.165) is 32.1 Å². The van der Waals surface area contributed by atoms with Crippen molar-refractivity contribution in [2.45, 2.75) is 347 Å². The zero-order valence-corrected chi connectivity index (χ0v) is 45.0. The lowest BCUT2D eigenvalue weighted by atomic mass is 10.0. The van der Waals surface area contributed by atoms with Gasteiger partial charge in [0.15, 0.2) is 0 Å². The van der Waals surface area contributed by atoms with Gasteiger partial charge in [-0.15, -0.1) is 0 Å². The highest BCUT2D eigenvalue weighted by Gasteiger charge is 2.18. The molecule has 4 heteroatoms.